The SMILES string of the molecule is NC(=O)c1ccc(CN(CCc2ccncc2)C(=O)N(c2ccc(F)c(F)c2)c2ccccc2N)cc1. The van der Waals surface area contributed by atoms with Crippen molar-refractivity contribution in [2.75, 3.05) is 17.2 Å². The van der Waals surface area contributed by atoms with Crippen LogP contribution in [0.1, 0.15) is 21.5 Å². The van der Waals surface area contributed by atoms with Crippen molar-refractivity contribution in [3.8, 4) is 0 Å². The lowest BCUT2D eigenvalue weighted by molar-refractivity contribution is 0.1000. The fourth-order valence-corrected chi connectivity index (χ4v) is 3.86. The maximum atomic E-state index is 14.2. The third-order valence-electron chi connectivity index (χ3n) is 5.83. The number of hydrogen-bond donors (Lipinski definition) is 2. The summed E-state index contributed by atoms with van der Waals surface area (Å²) in [7, 11) is 0. The van der Waals surface area contributed by atoms with E-state index in [2.05, 4.69) is 4.98 Å². The molecule has 3 aromatic carbocycles. The van der Waals surface area contributed by atoms with Gasteiger partial charge >= 0.3 is 6.03 Å². The Morgan fingerprint density at radius 2 is 1.54 bits per heavy atom. The van der Waals surface area contributed by atoms with Crippen molar-refractivity contribution in [1.82, 2.24) is 9.88 Å². The topological polar surface area (TPSA) is 106 Å². The van der Waals surface area contributed by atoms with Gasteiger partial charge in [-0.05, 0) is 66.1 Å². The van der Waals surface area contributed by atoms with Gasteiger partial charge in [0.05, 0.1) is 17.1 Å². The van der Waals surface area contributed by atoms with Crippen molar-refractivity contribution < 1.29 is 18.4 Å². The average Bonchev–Trinajstić information content (AvgIpc) is 2.90. The maximum absolute atomic E-state index is 14.2. The molecule has 4 N–H and O–H groups in total. The van der Waals surface area contributed by atoms with Crippen molar-refractivity contribution >= 4 is 29.0 Å². The van der Waals surface area contributed by atoms with Crippen LogP contribution < -0.4 is 16.4 Å². The summed E-state index contributed by atoms with van der Waals surface area (Å²) in [5.41, 5.74) is 14.4. The molecule has 9 heteroatoms. The molecule has 0 unspecified atom stereocenters. The lowest BCUT2D eigenvalue weighted by Crippen LogP contribution is -2.42. The first-order valence-electron chi connectivity index (χ1n) is 11.5. The normalized spacial score (nSPS) is 10.6. The highest BCUT2D eigenvalue weighted by Gasteiger charge is 2.26. The minimum absolute atomic E-state index is 0.125. The van der Waals surface area contributed by atoms with E-state index in [-0.39, 0.29) is 12.2 Å². The van der Waals surface area contributed by atoms with E-state index in [0.29, 0.717) is 29.9 Å². The van der Waals surface area contributed by atoms with Gasteiger partial charge in [-0.1, -0.05) is 24.3 Å². The molecule has 4 aromatic rings. The molecule has 7 nitrogen and oxygen atoms in total. The molecule has 0 atom stereocenters. The van der Waals surface area contributed by atoms with Crippen LogP contribution in [-0.2, 0) is 13.0 Å². The predicted octanol–water partition coefficient (Wildman–Crippen LogP) is 5.04. The van der Waals surface area contributed by atoms with Gasteiger partial charge in [0.1, 0.15) is 0 Å². The summed E-state index contributed by atoms with van der Waals surface area (Å²) in [4.78, 5) is 32.4. The molecule has 37 heavy (non-hydrogen) atoms. The van der Waals surface area contributed by atoms with Crippen LogP contribution in [-0.4, -0.2) is 28.4 Å². The molecule has 0 saturated heterocycles. The number of nitrogens with zero attached hydrogens (tertiary/aromatic N) is 3. The Morgan fingerprint density at radius 1 is 0.838 bits per heavy atom. The van der Waals surface area contributed by atoms with Crippen LogP contribution in [0.4, 0.5) is 30.6 Å². The molecule has 0 spiro atoms. The van der Waals surface area contributed by atoms with Crippen LogP contribution in [0.5, 0.6) is 0 Å². The zero-order chi connectivity index (χ0) is 26.4. The molecule has 0 bridgehead atoms. The van der Waals surface area contributed by atoms with Crippen LogP contribution in [0.2, 0.25) is 0 Å². The highest BCUT2D eigenvalue weighted by molar-refractivity contribution is 6.02. The van der Waals surface area contributed by atoms with Gasteiger partial charge in [-0.15, -0.1) is 0 Å². The van der Waals surface area contributed by atoms with E-state index in [1.165, 1.54) is 11.0 Å². The van der Waals surface area contributed by atoms with Gasteiger partial charge in [0, 0.05) is 37.1 Å². The molecule has 1 aromatic heterocycles. The Hall–Kier alpha value is -4.79. The fourth-order valence-electron chi connectivity index (χ4n) is 3.86. The summed E-state index contributed by atoms with van der Waals surface area (Å²) in [5.74, 6) is -2.67. The third-order valence-corrected chi connectivity index (χ3v) is 5.83. The first kappa shape index (κ1) is 25.3. The molecule has 0 radical (unpaired) electrons. The van der Waals surface area contributed by atoms with E-state index in [1.54, 1.807) is 65.8 Å². The van der Waals surface area contributed by atoms with Crippen LogP contribution >= 0.6 is 0 Å². The molecule has 0 fully saturated rings. The number of primary amides is 1. The predicted molar refractivity (Wildman–Crippen MR) is 138 cm³/mol. The maximum Gasteiger partial charge on any atom is 0.329 e. The smallest absolute Gasteiger partial charge is 0.329 e. The number of carbonyl (C=O) groups is 2. The second-order valence-corrected chi connectivity index (χ2v) is 8.36. The van der Waals surface area contributed by atoms with E-state index in [1.807, 2.05) is 12.1 Å². The second kappa shape index (κ2) is 11.3. The molecule has 188 valence electrons. The number of benzene rings is 3. The number of hydrogen-bond acceptors (Lipinski definition) is 4. The quantitative estimate of drug-likeness (QED) is 0.330. The van der Waals surface area contributed by atoms with Crippen LogP contribution in [0.25, 0.3) is 0 Å². The molecule has 4 rings (SSSR count). The molecule has 0 aliphatic heterocycles. The number of para-hydroxylation sites is 2. The minimum Gasteiger partial charge on any atom is -0.397 e. The summed E-state index contributed by atoms with van der Waals surface area (Å²) < 4.78 is 28.0. The number of nitrogens with two attached hydrogens (primary N) is 2. The molecule has 3 amide bonds. The molecule has 1 heterocycles. The van der Waals surface area contributed by atoms with Gasteiger partial charge in [0.2, 0.25) is 5.91 Å². The van der Waals surface area contributed by atoms with E-state index in [4.69, 9.17) is 11.5 Å². The van der Waals surface area contributed by atoms with Gasteiger partial charge in [-0.25, -0.2) is 13.6 Å². The number of pyridine rings is 1. The summed E-state index contributed by atoms with van der Waals surface area (Å²) >= 11 is 0. The first-order chi connectivity index (χ1) is 17.8. The number of carbonyl (C=O) groups excluding carboxylic acids is 2. The zero-order valence-corrected chi connectivity index (χ0v) is 19.9. The molecule has 0 aliphatic rings. The van der Waals surface area contributed by atoms with Crippen molar-refractivity contribution in [2.45, 2.75) is 13.0 Å². The summed E-state index contributed by atoms with van der Waals surface area (Å²) in [6.07, 6.45) is 3.86. The van der Waals surface area contributed by atoms with Crippen LogP contribution in [0.15, 0.2) is 91.3 Å². The summed E-state index contributed by atoms with van der Waals surface area (Å²) in [6, 6.07) is 19.8. The van der Waals surface area contributed by atoms with Gasteiger partial charge in [-0.2, -0.15) is 0 Å². The lowest BCUT2D eigenvalue weighted by Gasteiger charge is -2.32. The molecular weight excluding hydrogens is 476 g/mol. The average molecular weight is 502 g/mol. The molecular formula is C28H25F2N5O2. The number of halogens is 2. The van der Waals surface area contributed by atoms with Crippen LogP contribution in [0, 0.1) is 11.6 Å². The van der Waals surface area contributed by atoms with E-state index >= 15 is 0 Å². The summed E-state index contributed by atoms with van der Waals surface area (Å²) in [5, 5.41) is 0. The van der Waals surface area contributed by atoms with Crippen molar-refractivity contribution in [3.05, 3.63) is 120 Å². The number of aromatic nitrogens is 1. The Bertz CT molecular complexity index is 1400. The Kier molecular flexibility index (Phi) is 7.73. The van der Waals surface area contributed by atoms with Crippen molar-refractivity contribution in [2.24, 2.45) is 5.73 Å². The molecule has 0 aliphatic carbocycles. The summed E-state index contributed by atoms with van der Waals surface area (Å²) in [6.45, 7) is 0.475. The van der Waals surface area contributed by atoms with E-state index < -0.39 is 23.6 Å². The number of nitrogen functional groups attached to an aromatic ring is 1. The standard InChI is InChI=1S/C28H25F2N5O2/c29-23-10-9-22(17-24(23)30)35(26-4-2-1-3-25(26)31)28(37)34(16-13-19-11-14-33-15-12-19)18-20-5-7-21(8-6-20)27(32)36/h1-12,14-15,17H,13,16,18,31H2,(H2,32,36). The zero-order valence-electron chi connectivity index (χ0n) is 19.9. The van der Waals surface area contributed by atoms with E-state index in [0.717, 1.165) is 23.3 Å². The second-order valence-electron chi connectivity index (χ2n) is 8.36. The van der Waals surface area contributed by atoms with Gasteiger partial charge in [0.15, 0.2) is 11.6 Å². The van der Waals surface area contributed by atoms with E-state index in [9.17, 15) is 18.4 Å². The molecule has 0 saturated carbocycles. The van der Waals surface area contributed by atoms with Gasteiger partial charge in [0.25, 0.3) is 0 Å². The first-order valence-corrected chi connectivity index (χ1v) is 11.5. The van der Waals surface area contributed by atoms with Gasteiger partial charge in [-0.3, -0.25) is 14.7 Å². The largest absolute Gasteiger partial charge is 0.397 e. The van der Waals surface area contributed by atoms with Gasteiger partial charge < -0.3 is 16.4 Å². The lowest BCUT2D eigenvalue weighted by atomic mass is 10.1. The monoisotopic (exact) mass is 501 g/mol. The Morgan fingerprint density at radius 3 is 2.19 bits per heavy atom. The number of amides is 3. The number of rotatable bonds is 8. The van der Waals surface area contributed by atoms with Crippen molar-refractivity contribution in [3.63, 3.8) is 0 Å². The highest BCUT2D eigenvalue weighted by Crippen LogP contribution is 2.33. The highest BCUT2D eigenvalue weighted by atomic mass is 19.2. The third kappa shape index (κ3) is 6.07. The minimum atomic E-state index is -1.09. The number of urea groups is 1. The number of anilines is 3. The Balaban J connectivity index is 1.73. The van der Waals surface area contributed by atoms with Crippen LogP contribution in [0.3, 0.4) is 0 Å². The van der Waals surface area contributed by atoms with Crippen molar-refractivity contribution in [1.29, 1.82) is 0 Å². The fraction of sp³-hybridized carbons (Fsp3) is 0.107. The Labute approximate surface area is 213 Å².